The lowest BCUT2D eigenvalue weighted by atomic mass is 9.94. The highest BCUT2D eigenvalue weighted by atomic mass is 16.5. The first-order valence-electron chi connectivity index (χ1n) is 8.22. The van der Waals surface area contributed by atoms with E-state index in [4.69, 9.17) is 4.74 Å². The Bertz CT molecular complexity index is 610. The number of aryl methyl sites for hydroxylation is 2. The third kappa shape index (κ3) is 2.30. The number of hydrogen-bond donors (Lipinski definition) is 1. The van der Waals surface area contributed by atoms with E-state index in [2.05, 4.69) is 10.2 Å². The Morgan fingerprint density at radius 2 is 2.18 bits per heavy atom. The van der Waals surface area contributed by atoms with Gasteiger partial charge in [-0.15, -0.1) is 0 Å². The second-order valence-corrected chi connectivity index (χ2v) is 6.63. The lowest BCUT2D eigenvalue weighted by Gasteiger charge is -2.17. The van der Waals surface area contributed by atoms with E-state index in [-0.39, 0.29) is 23.7 Å². The zero-order valence-electron chi connectivity index (χ0n) is 12.6. The van der Waals surface area contributed by atoms with Crippen LogP contribution in [0.1, 0.15) is 36.2 Å². The van der Waals surface area contributed by atoms with E-state index in [0.29, 0.717) is 32.5 Å². The van der Waals surface area contributed by atoms with Crippen molar-refractivity contribution in [3.63, 3.8) is 0 Å². The number of nitrogens with one attached hydrogen (secondary N) is 1. The van der Waals surface area contributed by atoms with Gasteiger partial charge in [0.25, 0.3) is 0 Å². The molecule has 3 aliphatic rings. The number of likely N-dealkylation sites (tertiary alicyclic amines) is 1. The maximum absolute atomic E-state index is 12.4. The number of amides is 1. The molecule has 2 atom stereocenters. The molecule has 0 radical (unpaired) electrons. The van der Waals surface area contributed by atoms with Gasteiger partial charge in [-0.3, -0.25) is 14.7 Å². The van der Waals surface area contributed by atoms with Crippen LogP contribution in [0.5, 0.6) is 0 Å². The Kier molecular flexibility index (Phi) is 3.39. The quantitative estimate of drug-likeness (QED) is 0.840. The van der Waals surface area contributed by atoms with Gasteiger partial charge in [0.2, 0.25) is 5.91 Å². The number of nitrogens with zero attached hydrogens (tertiary/aromatic N) is 2. The van der Waals surface area contributed by atoms with Gasteiger partial charge in [0.05, 0.1) is 18.2 Å². The van der Waals surface area contributed by atoms with Crippen molar-refractivity contribution >= 4 is 11.9 Å². The van der Waals surface area contributed by atoms with Crippen LogP contribution in [-0.2, 0) is 33.6 Å². The molecule has 1 aromatic heterocycles. The molecule has 118 valence electrons. The number of carbonyl (C=O) groups is 2. The average Bonchev–Trinajstić information content (AvgIpc) is 3.21. The Labute approximate surface area is 129 Å². The topological polar surface area (TPSA) is 75.3 Å². The number of aromatic amines is 1. The Hall–Kier alpha value is -1.85. The third-order valence-corrected chi connectivity index (χ3v) is 5.25. The summed E-state index contributed by atoms with van der Waals surface area (Å²) in [6.45, 7) is 1.66. The molecule has 0 unspecified atom stereocenters. The maximum atomic E-state index is 12.4. The van der Waals surface area contributed by atoms with E-state index in [1.54, 1.807) is 0 Å². The molecule has 0 aromatic carbocycles. The summed E-state index contributed by atoms with van der Waals surface area (Å²) < 4.78 is 5.04. The molecule has 2 fully saturated rings. The van der Waals surface area contributed by atoms with E-state index in [1.807, 2.05) is 4.90 Å². The van der Waals surface area contributed by atoms with Crippen molar-refractivity contribution in [3.8, 4) is 0 Å². The van der Waals surface area contributed by atoms with E-state index in [9.17, 15) is 9.59 Å². The van der Waals surface area contributed by atoms with Crippen LogP contribution in [0.2, 0.25) is 0 Å². The lowest BCUT2D eigenvalue weighted by Crippen LogP contribution is -2.31. The van der Waals surface area contributed by atoms with Crippen molar-refractivity contribution in [1.82, 2.24) is 15.1 Å². The van der Waals surface area contributed by atoms with Gasteiger partial charge >= 0.3 is 5.97 Å². The molecular formula is C16H21N3O3. The fraction of sp³-hybridized carbons (Fsp3) is 0.688. The molecule has 4 rings (SSSR count). The number of aromatic nitrogens is 2. The van der Waals surface area contributed by atoms with Gasteiger partial charge < -0.3 is 9.64 Å². The number of hydrogen-bond acceptors (Lipinski definition) is 4. The minimum atomic E-state index is -0.137. The van der Waals surface area contributed by atoms with E-state index < -0.39 is 0 Å². The van der Waals surface area contributed by atoms with E-state index >= 15 is 0 Å². The SMILES string of the molecule is O=C1OC[C@H]2CN(C(=O)CCc3n[nH]c4c3CCCC4)C[C@@H]12. The largest absolute Gasteiger partial charge is 0.465 e. The number of carbonyl (C=O) groups excluding carboxylic acids is 2. The minimum absolute atomic E-state index is 0.0953. The molecule has 0 saturated carbocycles. The molecule has 22 heavy (non-hydrogen) atoms. The fourth-order valence-electron chi connectivity index (χ4n) is 3.95. The first kappa shape index (κ1) is 13.8. The molecule has 6 heteroatoms. The normalized spacial score (nSPS) is 26.7. The van der Waals surface area contributed by atoms with Crippen LogP contribution in [-0.4, -0.2) is 46.7 Å². The molecule has 1 aromatic rings. The number of fused-ring (bicyclic) bond motifs is 2. The van der Waals surface area contributed by atoms with Crippen molar-refractivity contribution in [3.05, 3.63) is 17.0 Å². The molecule has 1 N–H and O–H groups in total. The number of H-pyrrole nitrogens is 1. The summed E-state index contributed by atoms with van der Waals surface area (Å²) in [4.78, 5) is 25.8. The third-order valence-electron chi connectivity index (χ3n) is 5.25. The highest BCUT2D eigenvalue weighted by Gasteiger charge is 2.45. The molecule has 6 nitrogen and oxygen atoms in total. The molecular weight excluding hydrogens is 282 g/mol. The second-order valence-electron chi connectivity index (χ2n) is 6.63. The summed E-state index contributed by atoms with van der Waals surface area (Å²) in [5.74, 6) is 0.105. The van der Waals surface area contributed by atoms with Crippen LogP contribution in [0.3, 0.4) is 0 Å². The van der Waals surface area contributed by atoms with Crippen LogP contribution in [0.4, 0.5) is 0 Å². The number of esters is 1. The highest BCUT2D eigenvalue weighted by molar-refractivity contribution is 5.80. The van der Waals surface area contributed by atoms with Gasteiger partial charge in [-0.05, 0) is 31.2 Å². The second kappa shape index (κ2) is 5.41. The molecule has 2 saturated heterocycles. The predicted molar refractivity (Wildman–Crippen MR) is 78.1 cm³/mol. The van der Waals surface area contributed by atoms with Gasteiger partial charge in [0, 0.05) is 37.5 Å². The summed E-state index contributed by atoms with van der Waals surface area (Å²) in [6, 6.07) is 0. The Morgan fingerprint density at radius 3 is 3.05 bits per heavy atom. The molecule has 1 aliphatic carbocycles. The lowest BCUT2D eigenvalue weighted by molar-refractivity contribution is -0.142. The number of ether oxygens (including phenoxy) is 1. The van der Waals surface area contributed by atoms with Crippen LogP contribution in [0.25, 0.3) is 0 Å². The van der Waals surface area contributed by atoms with E-state index in [1.165, 1.54) is 24.1 Å². The number of rotatable bonds is 3. The van der Waals surface area contributed by atoms with Crippen LogP contribution in [0, 0.1) is 11.8 Å². The van der Waals surface area contributed by atoms with Crippen LogP contribution >= 0.6 is 0 Å². The standard InChI is InChI=1S/C16H21N3O3/c20-15(19-7-10-9-22-16(21)12(10)8-19)6-5-14-11-3-1-2-4-13(11)17-18-14/h10,12H,1-9H2,(H,17,18)/t10-,12-/m1/s1. The summed E-state index contributed by atoms with van der Waals surface area (Å²) >= 11 is 0. The molecule has 3 heterocycles. The van der Waals surface area contributed by atoms with Crippen molar-refractivity contribution in [2.24, 2.45) is 11.8 Å². The summed E-state index contributed by atoms with van der Waals surface area (Å²) in [5.41, 5.74) is 3.65. The Balaban J connectivity index is 1.35. The van der Waals surface area contributed by atoms with Crippen molar-refractivity contribution in [2.45, 2.75) is 38.5 Å². The van der Waals surface area contributed by atoms with Crippen molar-refractivity contribution in [1.29, 1.82) is 0 Å². The maximum Gasteiger partial charge on any atom is 0.311 e. The average molecular weight is 303 g/mol. The molecule has 0 bridgehead atoms. The fourth-order valence-corrected chi connectivity index (χ4v) is 3.95. The van der Waals surface area contributed by atoms with Gasteiger partial charge in [-0.25, -0.2) is 0 Å². The highest BCUT2D eigenvalue weighted by Crippen LogP contribution is 2.31. The van der Waals surface area contributed by atoms with Crippen LogP contribution < -0.4 is 0 Å². The minimum Gasteiger partial charge on any atom is -0.465 e. The summed E-state index contributed by atoms with van der Waals surface area (Å²) in [7, 11) is 0. The number of cyclic esters (lactones) is 1. The molecule has 1 amide bonds. The zero-order valence-corrected chi connectivity index (χ0v) is 12.6. The molecule has 0 spiro atoms. The first-order valence-corrected chi connectivity index (χ1v) is 8.22. The van der Waals surface area contributed by atoms with Crippen molar-refractivity contribution < 1.29 is 14.3 Å². The van der Waals surface area contributed by atoms with Gasteiger partial charge in [0.1, 0.15) is 0 Å². The monoisotopic (exact) mass is 303 g/mol. The zero-order chi connectivity index (χ0) is 15.1. The smallest absolute Gasteiger partial charge is 0.311 e. The van der Waals surface area contributed by atoms with Crippen molar-refractivity contribution in [2.75, 3.05) is 19.7 Å². The van der Waals surface area contributed by atoms with E-state index in [0.717, 1.165) is 18.5 Å². The first-order chi connectivity index (χ1) is 10.7. The van der Waals surface area contributed by atoms with Gasteiger partial charge in [-0.1, -0.05) is 0 Å². The Morgan fingerprint density at radius 1 is 1.32 bits per heavy atom. The summed E-state index contributed by atoms with van der Waals surface area (Å²) in [6.07, 6.45) is 5.76. The van der Waals surface area contributed by atoms with Crippen LogP contribution in [0.15, 0.2) is 0 Å². The molecule has 2 aliphatic heterocycles. The predicted octanol–water partition coefficient (Wildman–Crippen LogP) is 0.852. The van der Waals surface area contributed by atoms with Gasteiger partial charge in [0.15, 0.2) is 0 Å². The summed E-state index contributed by atoms with van der Waals surface area (Å²) in [5, 5.41) is 7.52. The van der Waals surface area contributed by atoms with Gasteiger partial charge in [-0.2, -0.15) is 5.10 Å².